The first-order chi connectivity index (χ1) is 8.63. The maximum Gasteiger partial charge on any atom is 0.122 e. The number of amidine groups is 1. The second-order valence-corrected chi connectivity index (χ2v) is 5.52. The average Bonchev–Trinajstić information content (AvgIpc) is 2.38. The molecule has 0 heterocycles. The van der Waals surface area contributed by atoms with Gasteiger partial charge in [-0.15, -0.1) is 0 Å². The summed E-state index contributed by atoms with van der Waals surface area (Å²) < 4.78 is 5.62. The lowest BCUT2D eigenvalue weighted by atomic mass is 10.2. The number of hydrogen-bond acceptors (Lipinski definition) is 3. The molecule has 0 saturated carbocycles. The number of hydrogen-bond donors (Lipinski definition) is 2. The van der Waals surface area contributed by atoms with Gasteiger partial charge in [-0.25, -0.2) is 0 Å². The normalized spacial score (nSPS) is 12.1. The van der Waals surface area contributed by atoms with Gasteiger partial charge in [0.05, 0.1) is 6.61 Å². The van der Waals surface area contributed by atoms with Crippen LogP contribution in [0.1, 0.15) is 25.8 Å². The second-order valence-electron chi connectivity index (χ2n) is 4.37. The van der Waals surface area contributed by atoms with Crippen LogP contribution in [-0.4, -0.2) is 23.9 Å². The summed E-state index contributed by atoms with van der Waals surface area (Å²) in [5.41, 5.74) is 6.11. The predicted octanol–water partition coefficient (Wildman–Crippen LogP) is 3.13. The molecule has 0 bridgehead atoms. The van der Waals surface area contributed by atoms with E-state index < -0.39 is 0 Å². The van der Waals surface area contributed by atoms with Crippen molar-refractivity contribution in [3.8, 4) is 5.75 Å². The number of thioether (sulfide) groups is 1. The van der Waals surface area contributed by atoms with E-state index in [1.807, 2.05) is 36.0 Å². The van der Waals surface area contributed by atoms with E-state index in [-0.39, 0.29) is 5.84 Å². The van der Waals surface area contributed by atoms with Crippen molar-refractivity contribution in [2.75, 3.05) is 18.1 Å². The minimum absolute atomic E-state index is 0.0886. The van der Waals surface area contributed by atoms with Crippen LogP contribution in [0.4, 0.5) is 0 Å². The van der Waals surface area contributed by atoms with E-state index in [1.165, 1.54) is 12.2 Å². The first-order valence-corrected chi connectivity index (χ1v) is 7.44. The molecule has 0 saturated heterocycles. The summed E-state index contributed by atoms with van der Waals surface area (Å²) in [6, 6.07) is 7.33. The first-order valence-electron chi connectivity index (χ1n) is 6.28. The third-order valence-corrected chi connectivity index (χ3v) is 4.02. The van der Waals surface area contributed by atoms with Gasteiger partial charge in [0.2, 0.25) is 0 Å². The van der Waals surface area contributed by atoms with Crippen LogP contribution in [-0.2, 0) is 0 Å². The van der Waals surface area contributed by atoms with Crippen LogP contribution in [0.25, 0.3) is 0 Å². The van der Waals surface area contributed by atoms with E-state index in [0.717, 1.165) is 29.6 Å². The lowest BCUT2D eigenvalue weighted by Crippen LogP contribution is -2.10. The molecule has 0 amide bonds. The van der Waals surface area contributed by atoms with Crippen LogP contribution in [0.2, 0.25) is 0 Å². The monoisotopic (exact) mass is 266 g/mol. The number of ether oxygens (including phenoxy) is 1. The molecule has 0 aromatic heterocycles. The fraction of sp³-hybridized carbons (Fsp3) is 0.500. The maximum absolute atomic E-state index is 7.29. The third kappa shape index (κ3) is 5.45. The summed E-state index contributed by atoms with van der Waals surface area (Å²) in [4.78, 5) is 0. The lowest BCUT2D eigenvalue weighted by molar-refractivity contribution is 0.344. The maximum atomic E-state index is 7.29. The Hall–Kier alpha value is -1.16. The van der Waals surface area contributed by atoms with E-state index in [4.69, 9.17) is 15.9 Å². The number of nitrogens with two attached hydrogens (primary N) is 1. The molecule has 0 spiro atoms. The minimum Gasteiger partial charge on any atom is -0.493 e. The first kappa shape index (κ1) is 14.9. The van der Waals surface area contributed by atoms with E-state index in [1.54, 1.807) is 0 Å². The standard InChI is InChI=1S/C14H22N2OS/c1-3-11(2)10-18-9-8-17-13-6-4-12(5-7-13)14(15)16/h4-7,11H,3,8-10H2,1-2H3,(H3,15,16). The Morgan fingerprint density at radius 3 is 2.61 bits per heavy atom. The van der Waals surface area contributed by atoms with Gasteiger partial charge in [-0.3, -0.25) is 5.41 Å². The molecule has 0 aliphatic carbocycles. The number of benzene rings is 1. The van der Waals surface area contributed by atoms with Crippen molar-refractivity contribution in [3.63, 3.8) is 0 Å². The average molecular weight is 266 g/mol. The van der Waals surface area contributed by atoms with E-state index in [0.29, 0.717) is 0 Å². The van der Waals surface area contributed by atoms with E-state index in [2.05, 4.69) is 13.8 Å². The highest BCUT2D eigenvalue weighted by Crippen LogP contribution is 2.14. The SMILES string of the molecule is CCC(C)CSCCOc1ccc(C(=N)N)cc1. The number of nitrogen functional groups attached to an aromatic ring is 1. The highest BCUT2D eigenvalue weighted by atomic mass is 32.2. The summed E-state index contributed by atoms with van der Waals surface area (Å²) in [7, 11) is 0. The smallest absolute Gasteiger partial charge is 0.122 e. The zero-order valence-corrected chi connectivity index (χ0v) is 11.9. The summed E-state index contributed by atoms with van der Waals surface area (Å²) >= 11 is 1.93. The van der Waals surface area contributed by atoms with Crippen LogP contribution >= 0.6 is 11.8 Å². The highest BCUT2D eigenvalue weighted by molar-refractivity contribution is 7.99. The molecule has 1 aromatic rings. The molecular formula is C14H22N2OS. The van der Waals surface area contributed by atoms with Gasteiger partial charge < -0.3 is 10.5 Å². The lowest BCUT2D eigenvalue weighted by Gasteiger charge is -2.09. The van der Waals surface area contributed by atoms with Crippen LogP contribution in [0.5, 0.6) is 5.75 Å². The molecule has 0 radical (unpaired) electrons. The Bertz CT molecular complexity index is 365. The quantitative estimate of drug-likeness (QED) is 0.432. The molecule has 1 aromatic carbocycles. The molecular weight excluding hydrogens is 244 g/mol. The molecule has 3 nitrogen and oxygen atoms in total. The van der Waals surface area contributed by atoms with E-state index >= 15 is 0 Å². The zero-order chi connectivity index (χ0) is 13.4. The summed E-state index contributed by atoms with van der Waals surface area (Å²) in [5, 5.41) is 7.29. The van der Waals surface area contributed by atoms with Crippen molar-refractivity contribution < 1.29 is 4.74 Å². The number of rotatable bonds is 8. The van der Waals surface area contributed by atoms with Gasteiger partial charge in [-0.05, 0) is 35.9 Å². The van der Waals surface area contributed by atoms with Gasteiger partial charge in [0.1, 0.15) is 11.6 Å². The van der Waals surface area contributed by atoms with Crippen molar-refractivity contribution >= 4 is 17.6 Å². The second kappa shape index (κ2) is 8.03. The molecule has 4 heteroatoms. The molecule has 3 N–H and O–H groups in total. The molecule has 0 aliphatic rings. The Balaban J connectivity index is 2.21. The van der Waals surface area contributed by atoms with Gasteiger partial charge in [-0.1, -0.05) is 20.3 Å². The van der Waals surface area contributed by atoms with Crippen LogP contribution in [0.15, 0.2) is 24.3 Å². The van der Waals surface area contributed by atoms with E-state index in [9.17, 15) is 0 Å². The van der Waals surface area contributed by atoms with Gasteiger partial charge in [0, 0.05) is 11.3 Å². The topological polar surface area (TPSA) is 59.1 Å². The van der Waals surface area contributed by atoms with Gasteiger partial charge in [0.15, 0.2) is 0 Å². The highest BCUT2D eigenvalue weighted by Gasteiger charge is 2.00. The van der Waals surface area contributed by atoms with Crippen molar-refractivity contribution in [2.24, 2.45) is 11.7 Å². The predicted molar refractivity (Wildman–Crippen MR) is 79.7 cm³/mol. The molecule has 0 fully saturated rings. The van der Waals surface area contributed by atoms with Gasteiger partial charge in [-0.2, -0.15) is 11.8 Å². The third-order valence-electron chi connectivity index (χ3n) is 2.76. The molecule has 1 rings (SSSR count). The van der Waals surface area contributed by atoms with Crippen molar-refractivity contribution in [2.45, 2.75) is 20.3 Å². The van der Waals surface area contributed by atoms with Crippen LogP contribution in [0, 0.1) is 11.3 Å². The Morgan fingerprint density at radius 2 is 2.06 bits per heavy atom. The van der Waals surface area contributed by atoms with Crippen LogP contribution < -0.4 is 10.5 Å². The number of nitrogens with one attached hydrogen (secondary N) is 1. The van der Waals surface area contributed by atoms with Crippen LogP contribution in [0.3, 0.4) is 0 Å². The fourth-order valence-electron chi connectivity index (χ4n) is 1.35. The molecule has 18 heavy (non-hydrogen) atoms. The summed E-state index contributed by atoms with van der Waals surface area (Å²) in [6.07, 6.45) is 1.24. The van der Waals surface area contributed by atoms with Crippen molar-refractivity contribution in [1.29, 1.82) is 5.41 Å². The Morgan fingerprint density at radius 1 is 1.39 bits per heavy atom. The zero-order valence-electron chi connectivity index (χ0n) is 11.1. The summed E-state index contributed by atoms with van der Waals surface area (Å²) in [6.45, 7) is 5.22. The Kier molecular flexibility index (Phi) is 6.65. The van der Waals surface area contributed by atoms with Gasteiger partial charge in [0.25, 0.3) is 0 Å². The minimum atomic E-state index is 0.0886. The molecule has 0 aliphatic heterocycles. The van der Waals surface area contributed by atoms with Gasteiger partial charge >= 0.3 is 0 Å². The fourth-order valence-corrected chi connectivity index (χ4v) is 2.36. The summed E-state index contributed by atoms with van der Waals surface area (Å²) in [5.74, 6) is 3.92. The van der Waals surface area contributed by atoms with Crippen molar-refractivity contribution in [1.82, 2.24) is 0 Å². The largest absolute Gasteiger partial charge is 0.493 e. The molecule has 1 atom stereocenters. The molecule has 1 unspecified atom stereocenters. The van der Waals surface area contributed by atoms with Crippen molar-refractivity contribution in [3.05, 3.63) is 29.8 Å². The molecule has 100 valence electrons. The Labute approximate surface area is 114 Å².